The number of aromatic nitrogens is 2. The quantitative estimate of drug-likeness (QED) is 0.778. The summed E-state index contributed by atoms with van der Waals surface area (Å²) >= 11 is 6.00. The monoisotopic (exact) mass is 339 g/mol. The van der Waals surface area contributed by atoms with Crippen molar-refractivity contribution in [1.82, 2.24) is 9.97 Å². The summed E-state index contributed by atoms with van der Waals surface area (Å²) in [6.45, 7) is 0. The highest BCUT2D eigenvalue weighted by Crippen LogP contribution is 2.24. The van der Waals surface area contributed by atoms with Crippen LogP contribution in [0.3, 0.4) is 0 Å². The molecule has 120 valence electrons. The Morgan fingerprint density at radius 2 is 1.92 bits per heavy atom. The molecule has 0 unspecified atom stereocenters. The van der Waals surface area contributed by atoms with Crippen LogP contribution in [0.25, 0.3) is 11.3 Å². The zero-order chi connectivity index (χ0) is 16.9. The van der Waals surface area contributed by atoms with E-state index in [1.165, 1.54) is 6.33 Å². The molecular formula is C18H14ClN3O2. The SMILES string of the molecule is COc1ccccc1NC(=O)c1cc(-c2cccc(Cl)c2)ncn1. The summed E-state index contributed by atoms with van der Waals surface area (Å²) in [6.07, 6.45) is 1.35. The zero-order valence-corrected chi connectivity index (χ0v) is 13.6. The molecule has 3 aromatic rings. The molecule has 1 aromatic heterocycles. The first kappa shape index (κ1) is 16.0. The largest absolute Gasteiger partial charge is 0.495 e. The van der Waals surface area contributed by atoms with Gasteiger partial charge < -0.3 is 10.1 Å². The highest BCUT2D eigenvalue weighted by molar-refractivity contribution is 6.30. The normalized spacial score (nSPS) is 10.2. The summed E-state index contributed by atoms with van der Waals surface area (Å²) < 4.78 is 5.23. The second kappa shape index (κ2) is 7.10. The number of carbonyl (C=O) groups excluding carboxylic acids is 1. The van der Waals surface area contributed by atoms with Crippen LogP contribution in [0.1, 0.15) is 10.5 Å². The molecule has 2 aromatic carbocycles. The Morgan fingerprint density at radius 3 is 2.71 bits per heavy atom. The molecule has 6 heteroatoms. The van der Waals surface area contributed by atoms with Crippen molar-refractivity contribution in [3.05, 3.63) is 71.6 Å². The summed E-state index contributed by atoms with van der Waals surface area (Å²) in [5.41, 5.74) is 2.27. The van der Waals surface area contributed by atoms with Gasteiger partial charge in [-0.1, -0.05) is 35.9 Å². The predicted molar refractivity (Wildman–Crippen MR) is 93.4 cm³/mol. The van der Waals surface area contributed by atoms with Gasteiger partial charge >= 0.3 is 0 Å². The molecule has 0 aliphatic carbocycles. The van der Waals surface area contributed by atoms with Crippen LogP contribution in [0, 0.1) is 0 Å². The number of ether oxygens (including phenoxy) is 1. The molecule has 1 N–H and O–H groups in total. The number of anilines is 1. The Kier molecular flexibility index (Phi) is 4.72. The van der Waals surface area contributed by atoms with Crippen LogP contribution in [0.15, 0.2) is 60.9 Å². The van der Waals surface area contributed by atoms with Crippen molar-refractivity contribution >= 4 is 23.2 Å². The third-order valence-corrected chi connectivity index (χ3v) is 3.61. The smallest absolute Gasteiger partial charge is 0.274 e. The molecule has 0 saturated heterocycles. The molecule has 1 heterocycles. The molecule has 1 amide bonds. The Balaban J connectivity index is 1.87. The van der Waals surface area contributed by atoms with Gasteiger partial charge in [-0.25, -0.2) is 9.97 Å². The van der Waals surface area contributed by atoms with Gasteiger partial charge in [0.1, 0.15) is 17.8 Å². The molecule has 0 radical (unpaired) electrons. The maximum absolute atomic E-state index is 12.4. The van der Waals surface area contributed by atoms with Crippen LogP contribution < -0.4 is 10.1 Å². The first-order valence-electron chi connectivity index (χ1n) is 7.20. The number of rotatable bonds is 4. The van der Waals surface area contributed by atoms with Crippen molar-refractivity contribution in [1.29, 1.82) is 0 Å². The van der Waals surface area contributed by atoms with Crippen LogP contribution in [0.2, 0.25) is 5.02 Å². The van der Waals surface area contributed by atoms with Crippen LogP contribution in [0.4, 0.5) is 5.69 Å². The van der Waals surface area contributed by atoms with E-state index in [0.717, 1.165) is 5.56 Å². The number of methoxy groups -OCH3 is 1. The third-order valence-electron chi connectivity index (χ3n) is 3.38. The second-order valence-corrected chi connectivity index (χ2v) is 5.39. The first-order valence-corrected chi connectivity index (χ1v) is 7.57. The molecule has 0 saturated carbocycles. The van der Waals surface area contributed by atoms with Gasteiger partial charge in [0.05, 0.1) is 18.5 Å². The van der Waals surface area contributed by atoms with E-state index in [4.69, 9.17) is 16.3 Å². The van der Waals surface area contributed by atoms with Crippen molar-refractivity contribution in [3.63, 3.8) is 0 Å². The van der Waals surface area contributed by atoms with Crippen molar-refractivity contribution in [2.24, 2.45) is 0 Å². The number of carbonyl (C=O) groups is 1. The van der Waals surface area contributed by atoms with Crippen LogP contribution in [-0.2, 0) is 0 Å². The Morgan fingerprint density at radius 1 is 1.08 bits per heavy atom. The molecular weight excluding hydrogens is 326 g/mol. The van der Waals surface area contributed by atoms with E-state index in [9.17, 15) is 4.79 Å². The lowest BCUT2D eigenvalue weighted by atomic mass is 10.1. The fourth-order valence-electron chi connectivity index (χ4n) is 2.22. The molecule has 0 bridgehead atoms. The van der Waals surface area contributed by atoms with Gasteiger partial charge in [-0.3, -0.25) is 4.79 Å². The fourth-order valence-corrected chi connectivity index (χ4v) is 2.41. The molecule has 5 nitrogen and oxygen atoms in total. The number of hydrogen-bond acceptors (Lipinski definition) is 4. The summed E-state index contributed by atoms with van der Waals surface area (Å²) in [6, 6.07) is 16.1. The van der Waals surface area contributed by atoms with Gasteiger partial charge in [0.15, 0.2) is 0 Å². The average molecular weight is 340 g/mol. The topological polar surface area (TPSA) is 64.1 Å². The standard InChI is InChI=1S/C18H14ClN3O2/c1-24-17-8-3-2-7-14(17)22-18(23)16-10-15(20-11-21-16)12-5-4-6-13(19)9-12/h2-11H,1H3,(H,22,23). The van der Waals surface area contributed by atoms with Crippen LogP contribution in [-0.4, -0.2) is 23.0 Å². The number of amides is 1. The Hall–Kier alpha value is -2.92. The van der Waals surface area contributed by atoms with Gasteiger partial charge in [-0.15, -0.1) is 0 Å². The lowest BCUT2D eigenvalue weighted by Crippen LogP contribution is -2.14. The molecule has 3 rings (SSSR count). The summed E-state index contributed by atoms with van der Waals surface area (Å²) in [4.78, 5) is 20.7. The lowest BCUT2D eigenvalue weighted by Gasteiger charge is -2.09. The maximum atomic E-state index is 12.4. The van der Waals surface area contributed by atoms with E-state index < -0.39 is 0 Å². The molecule has 0 spiro atoms. The van der Waals surface area contributed by atoms with Crippen molar-refractivity contribution < 1.29 is 9.53 Å². The third kappa shape index (κ3) is 3.52. The number of nitrogens with one attached hydrogen (secondary N) is 1. The van der Waals surface area contributed by atoms with Gasteiger partial charge in [0.25, 0.3) is 5.91 Å². The molecule has 0 aliphatic heterocycles. The zero-order valence-electron chi connectivity index (χ0n) is 12.9. The summed E-state index contributed by atoms with van der Waals surface area (Å²) in [5, 5.41) is 3.39. The second-order valence-electron chi connectivity index (χ2n) is 4.95. The van der Waals surface area contributed by atoms with Crippen molar-refractivity contribution in [3.8, 4) is 17.0 Å². The number of halogens is 1. The first-order chi connectivity index (χ1) is 11.7. The average Bonchev–Trinajstić information content (AvgIpc) is 2.62. The van der Waals surface area contributed by atoms with Gasteiger partial charge in [-0.05, 0) is 30.3 Å². The molecule has 0 fully saturated rings. The predicted octanol–water partition coefficient (Wildman–Crippen LogP) is 4.06. The minimum atomic E-state index is -0.342. The lowest BCUT2D eigenvalue weighted by molar-refractivity contribution is 0.102. The molecule has 0 atom stereocenters. The van der Waals surface area contributed by atoms with Crippen molar-refractivity contribution in [2.45, 2.75) is 0 Å². The van der Waals surface area contributed by atoms with Crippen LogP contribution in [0.5, 0.6) is 5.75 Å². The number of hydrogen-bond donors (Lipinski definition) is 1. The summed E-state index contributed by atoms with van der Waals surface area (Å²) in [5.74, 6) is 0.236. The van der Waals surface area contributed by atoms with Gasteiger partial charge in [0, 0.05) is 10.6 Å². The highest BCUT2D eigenvalue weighted by Gasteiger charge is 2.12. The minimum absolute atomic E-state index is 0.255. The Bertz CT molecular complexity index is 883. The van der Waals surface area contributed by atoms with Crippen LogP contribution >= 0.6 is 11.6 Å². The van der Waals surface area contributed by atoms with E-state index in [2.05, 4.69) is 15.3 Å². The molecule has 24 heavy (non-hydrogen) atoms. The van der Waals surface area contributed by atoms with E-state index in [0.29, 0.717) is 22.2 Å². The van der Waals surface area contributed by atoms with Gasteiger partial charge in [-0.2, -0.15) is 0 Å². The van der Waals surface area contributed by atoms with Gasteiger partial charge in [0.2, 0.25) is 0 Å². The van der Waals surface area contributed by atoms with E-state index >= 15 is 0 Å². The maximum Gasteiger partial charge on any atom is 0.274 e. The number of benzene rings is 2. The molecule has 0 aliphatic rings. The number of para-hydroxylation sites is 2. The fraction of sp³-hybridized carbons (Fsp3) is 0.0556. The van der Waals surface area contributed by atoms with E-state index in [-0.39, 0.29) is 11.6 Å². The summed E-state index contributed by atoms with van der Waals surface area (Å²) in [7, 11) is 1.55. The highest BCUT2D eigenvalue weighted by atomic mass is 35.5. The van der Waals surface area contributed by atoms with Crippen molar-refractivity contribution in [2.75, 3.05) is 12.4 Å². The minimum Gasteiger partial charge on any atom is -0.495 e. The Labute approximate surface area is 144 Å². The number of nitrogens with zero attached hydrogens (tertiary/aromatic N) is 2. The van der Waals surface area contributed by atoms with E-state index in [1.807, 2.05) is 24.3 Å². The van der Waals surface area contributed by atoms with E-state index in [1.54, 1.807) is 37.4 Å².